The fourth-order valence-corrected chi connectivity index (χ4v) is 12.6. The average molecular weight is 755 g/mol. The molecular weight excluding hydrogens is 692 g/mol. The third-order valence-electron chi connectivity index (χ3n) is 15.9. The lowest BCUT2D eigenvalue weighted by atomic mass is 9.45. The van der Waals surface area contributed by atoms with Crippen molar-refractivity contribution in [2.45, 2.75) is 177 Å². The lowest BCUT2D eigenvalue weighted by molar-refractivity contribution is -0.374. The van der Waals surface area contributed by atoms with E-state index in [-0.39, 0.29) is 36.2 Å². The summed E-state index contributed by atoms with van der Waals surface area (Å²) in [5, 5.41) is 87.8. The van der Waals surface area contributed by atoms with Gasteiger partial charge < -0.3 is 69.3 Å². The van der Waals surface area contributed by atoms with Gasteiger partial charge in [-0.2, -0.15) is 0 Å². The smallest absolute Gasteiger partial charge is 0.187 e. The molecule has 4 saturated heterocycles. The predicted octanol–water partition coefficient (Wildman–Crippen LogP) is 0.476. The summed E-state index contributed by atoms with van der Waals surface area (Å²) in [6.07, 6.45) is -8.17. The van der Waals surface area contributed by atoms with Crippen molar-refractivity contribution in [1.82, 2.24) is 0 Å². The Morgan fingerprint density at radius 2 is 1.58 bits per heavy atom. The van der Waals surface area contributed by atoms with Crippen molar-refractivity contribution in [3.63, 3.8) is 0 Å². The molecule has 8 aliphatic rings. The van der Waals surface area contributed by atoms with Crippen molar-refractivity contribution in [2.24, 2.45) is 40.4 Å². The highest BCUT2D eigenvalue weighted by Crippen LogP contribution is 2.72. The molecule has 0 aromatic heterocycles. The van der Waals surface area contributed by atoms with Crippen LogP contribution in [0.4, 0.5) is 0 Å². The molecule has 4 aliphatic carbocycles. The van der Waals surface area contributed by atoms with Gasteiger partial charge in [0, 0.05) is 29.6 Å². The second-order valence-corrected chi connectivity index (χ2v) is 18.4. The molecule has 0 aromatic carbocycles. The van der Waals surface area contributed by atoms with Crippen molar-refractivity contribution in [3.8, 4) is 0 Å². The zero-order valence-corrected chi connectivity index (χ0v) is 31.6. The van der Waals surface area contributed by atoms with E-state index in [1.807, 2.05) is 0 Å². The fourth-order valence-electron chi connectivity index (χ4n) is 12.6. The second kappa shape index (κ2) is 13.6. The van der Waals surface area contributed by atoms with Crippen LogP contribution in [0.3, 0.4) is 0 Å². The van der Waals surface area contributed by atoms with Gasteiger partial charge in [0.05, 0.1) is 37.6 Å². The summed E-state index contributed by atoms with van der Waals surface area (Å²) in [5.74, 6) is -0.0317. The molecule has 4 aliphatic heterocycles. The summed E-state index contributed by atoms with van der Waals surface area (Å²) in [7, 11) is 0. The molecule has 8 rings (SSSR count). The maximum absolute atomic E-state index is 12.8. The van der Waals surface area contributed by atoms with Gasteiger partial charge in [-0.25, -0.2) is 0 Å². The zero-order chi connectivity index (χ0) is 38.0. The number of hydrogen-bond donors (Lipinski definition) is 8. The van der Waals surface area contributed by atoms with E-state index in [2.05, 4.69) is 33.8 Å². The van der Waals surface area contributed by atoms with Crippen LogP contribution >= 0.6 is 0 Å². The number of fused-ring (bicyclic) bond motifs is 7. The Hall–Kier alpha value is -0.820. The van der Waals surface area contributed by atoms with Gasteiger partial charge >= 0.3 is 0 Å². The molecule has 0 unspecified atom stereocenters. The number of ether oxygens (including phenoxy) is 6. The number of hydrogen-bond acceptors (Lipinski definition) is 14. The molecule has 3 saturated carbocycles. The van der Waals surface area contributed by atoms with E-state index < -0.39 is 102 Å². The van der Waals surface area contributed by atoms with Crippen LogP contribution < -0.4 is 0 Å². The van der Waals surface area contributed by atoms with Crippen LogP contribution in [0.1, 0.15) is 86.0 Å². The summed E-state index contributed by atoms with van der Waals surface area (Å²) >= 11 is 0. The lowest BCUT2D eigenvalue weighted by Gasteiger charge is -2.61. The van der Waals surface area contributed by atoms with Crippen molar-refractivity contribution < 1.29 is 69.3 Å². The fraction of sp³-hybridized carbons (Fsp3) is 0.949. The maximum atomic E-state index is 12.8. The van der Waals surface area contributed by atoms with Crippen LogP contribution in [0.25, 0.3) is 0 Å². The summed E-state index contributed by atoms with van der Waals surface area (Å²) in [5.41, 5.74) is -0.951. The topological polar surface area (TPSA) is 217 Å². The Bertz CT molecular complexity index is 1390. The molecule has 14 nitrogen and oxygen atoms in total. The average Bonchev–Trinajstić information content (AvgIpc) is 3.48. The molecule has 0 amide bonds. The molecule has 1 spiro atoms. The van der Waals surface area contributed by atoms with Crippen LogP contribution in [-0.2, 0) is 28.4 Å². The highest BCUT2D eigenvalue weighted by atomic mass is 16.8. The molecule has 0 aromatic rings. The Kier molecular flexibility index (Phi) is 10.0. The monoisotopic (exact) mass is 754 g/mol. The van der Waals surface area contributed by atoms with Crippen LogP contribution in [-0.4, -0.2) is 145 Å². The number of aliphatic hydroxyl groups excluding tert-OH is 7. The third-order valence-corrected chi connectivity index (χ3v) is 15.9. The van der Waals surface area contributed by atoms with Crippen LogP contribution in [0.5, 0.6) is 0 Å². The van der Waals surface area contributed by atoms with E-state index in [9.17, 15) is 40.9 Å². The quantitative estimate of drug-likeness (QED) is 0.179. The van der Waals surface area contributed by atoms with Gasteiger partial charge in [0.25, 0.3) is 0 Å². The number of rotatable bonds is 5. The molecule has 302 valence electrons. The van der Waals surface area contributed by atoms with Gasteiger partial charge in [0.15, 0.2) is 18.4 Å². The SMILES string of the molecule is C[C@@H]1CC[C@@]2(OC1)O[C@H]1C[C@H]3[C@@H]4CC=C5C[C@@H](O)C[C@@H](O[C@@H]6O[C@H](CO)[C@@H](O)[C@H](O)[C@H]6O[C@@H]6O[C@@H](C)[C@H](O)[C@@H](O)[C@H]6O)[C@]5(C)[C@H]4CC[C@]3(C)[C@@]1(O)[C@@H]2C. The van der Waals surface area contributed by atoms with E-state index >= 15 is 0 Å². The van der Waals surface area contributed by atoms with E-state index in [1.54, 1.807) is 0 Å². The van der Waals surface area contributed by atoms with Gasteiger partial charge in [-0.15, -0.1) is 0 Å². The molecule has 4 heterocycles. The third kappa shape index (κ3) is 5.64. The summed E-state index contributed by atoms with van der Waals surface area (Å²) in [6, 6.07) is 0. The van der Waals surface area contributed by atoms with Gasteiger partial charge in [0.1, 0.15) is 48.3 Å². The van der Waals surface area contributed by atoms with Crippen LogP contribution in [0, 0.1) is 40.4 Å². The predicted molar refractivity (Wildman–Crippen MR) is 184 cm³/mol. The standard InChI is InChI=1S/C39H62O14/c1-17-8-11-38(48-16-17)19(3)39(47)27(53-38)14-24-22-7-6-20-12-21(41)13-26(37(20,5)23(22)9-10-36(24,39)4)51-35-33(31(45)29(43)25(15-40)50-35)52-34-32(46)30(44)28(42)18(2)49-34/h6,17-19,21-35,40-47H,7-16H2,1-5H3/t17-,18+,19-,21-,22-,23+,24+,25-,26-,27+,28+,29-,30-,31+,32-,33-,34+,35+,36+,37+,38-,39-/m1/s1. The van der Waals surface area contributed by atoms with Gasteiger partial charge in [0.2, 0.25) is 0 Å². The first-order valence-electron chi connectivity index (χ1n) is 20.0. The van der Waals surface area contributed by atoms with Crippen molar-refractivity contribution in [2.75, 3.05) is 13.2 Å². The first kappa shape index (κ1) is 39.0. The highest BCUT2D eigenvalue weighted by Gasteiger charge is 2.76. The molecule has 0 radical (unpaired) electrons. The Labute approximate surface area is 311 Å². The Morgan fingerprint density at radius 1 is 0.830 bits per heavy atom. The van der Waals surface area contributed by atoms with Crippen LogP contribution in [0.15, 0.2) is 11.6 Å². The van der Waals surface area contributed by atoms with E-state index in [1.165, 1.54) is 6.92 Å². The Morgan fingerprint density at radius 3 is 2.28 bits per heavy atom. The molecule has 14 heteroatoms. The minimum atomic E-state index is -1.68. The van der Waals surface area contributed by atoms with E-state index in [0.717, 1.165) is 44.1 Å². The second-order valence-electron chi connectivity index (χ2n) is 18.4. The highest BCUT2D eigenvalue weighted by molar-refractivity contribution is 5.30. The lowest BCUT2D eigenvalue weighted by Crippen LogP contribution is -2.65. The normalized spacial score (nSPS) is 59.5. The minimum absolute atomic E-state index is 0.115. The molecule has 7 fully saturated rings. The van der Waals surface area contributed by atoms with Gasteiger partial charge in [-0.3, -0.25) is 0 Å². The zero-order valence-electron chi connectivity index (χ0n) is 31.6. The molecule has 0 bridgehead atoms. The molecule has 53 heavy (non-hydrogen) atoms. The van der Waals surface area contributed by atoms with Crippen LogP contribution in [0.2, 0.25) is 0 Å². The van der Waals surface area contributed by atoms with Gasteiger partial charge in [-0.1, -0.05) is 39.3 Å². The summed E-state index contributed by atoms with van der Waals surface area (Å²) < 4.78 is 37.8. The molecular formula is C39H62O14. The van der Waals surface area contributed by atoms with E-state index in [0.29, 0.717) is 18.9 Å². The van der Waals surface area contributed by atoms with E-state index in [4.69, 9.17) is 28.4 Å². The minimum Gasteiger partial charge on any atom is -0.394 e. The Balaban J connectivity index is 1.07. The molecule has 22 atom stereocenters. The number of aliphatic hydroxyl groups is 8. The molecule has 8 N–H and O–H groups in total. The summed E-state index contributed by atoms with van der Waals surface area (Å²) in [6.45, 7) is 10.2. The van der Waals surface area contributed by atoms with Crippen molar-refractivity contribution in [1.29, 1.82) is 0 Å². The number of allylic oxidation sites excluding steroid dienone is 1. The summed E-state index contributed by atoms with van der Waals surface area (Å²) in [4.78, 5) is 0. The van der Waals surface area contributed by atoms with Crippen molar-refractivity contribution >= 4 is 0 Å². The maximum Gasteiger partial charge on any atom is 0.187 e. The van der Waals surface area contributed by atoms with Crippen molar-refractivity contribution in [3.05, 3.63) is 11.6 Å². The first-order chi connectivity index (χ1) is 25.0. The van der Waals surface area contributed by atoms with Gasteiger partial charge in [-0.05, 0) is 69.1 Å². The first-order valence-corrected chi connectivity index (χ1v) is 20.0. The largest absolute Gasteiger partial charge is 0.394 e.